The predicted octanol–water partition coefficient (Wildman–Crippen LogP) is 5.02. The Balaban J connectivity index is 2.33. The van der Waals surface area contributed by atoms with Crippen LogP contribution in [0.5, 0.6) is 0 Å². The van der Waals surface area contributed by atoms with Crippen LogP contribution in [-0.4, -0.2) is 0 Å². The van der Waals surface area contributed by atoms with Gasteiger partial charge in [0.1, 0.15) is 0 Å². The van der Waals surface area contributed by atoms with E-state index in [1.165, 1.54) is 12.1 Å². The molecule has 0 saturated heterocycles. The van der Waals surface area contributed by atoms with Crippen molar-refractivity contribution in [3.63, 3.8) is 0 Å². The number of rotatable bonds is 3. The standard InChI is InChI=1S/C16H13F3/c1-2-15(12-6-4-3-5-7-12)13-8-10-14(11-9-13)16(17,18)19/h2-11,15H,1H2/t15-/m1/s1. The van der Waals surface area contributed by atoms with E-state index < -0.39 is 11.7 Å². The number of hydrogen-bond acceptors (Lipinski definition) is 0. The van der Waals surface area contributed by atoms with Gasteiger partial charge in [-0.2, -0.15) is 13.2 Å². The van der Waals surface area contributed by atoms with Gasteiger partial charge in [-0.1, -0.05) is 48.5 Å². The van der Waals surface area contributed by atoms with Crippen molar-refractivity contribution >= 4 is 0 Å². The molecule has 0 unspecified atom stereocenters. The lowest BCUT2D eigenvalue weighted by molar-refractivity contribution is -0.137. The van der Waals surface area contributed by atoms with E-state index in [0.29, 0.717) is 0 Å². The highest BCUT2D eigenvalue weighted by molar-refractivity contribution is 5.37. The van der Waals surface area contributed by atoms with Crippen molar-refractivity contribution in [2.45, 2.75) is 12.1 Å². The molecule has 0 aliphatic heterocycles. The van der Waals surface area contributed by atoms with Crippen LogP contribution in [0.4, 0.5) is 13.2 Å². The van der Waals surface area contributed by atoms with E-state index in [1.807, 2.05) is 30.3 Å². The van der Waals surface area contributed by atoms with Gasteiger partial charge in [0.25, 0.3) is 0 Å². The molecule has 2 aromatic rings. The summed E-state index contributed by atoms with van der Waals surface area (Å²) in [7, 11) is 0. The molecule has 0 aliphatic rings. The number of benzene rings is 2. The van der Waals surface area contributed by atoms with Crippen molar-refractivity contribution in [2.24, 2.45) is 0 Å². The van der Waals surface area contributed by atoms with Crippen molar-refractivity contribution in [2.75, 3.05) is 0 Å². The zero-order valence-electron chi connectivity index (χ0n) is 10.2. The maximum Gasteiger partial charge on any atom is 0.416 e. The molecule has 2 rings (SSSR count). The molecule has 98 valence electrons. The third kappa shape index (κ3) is 3.05. The van der Waals surface area contributed by atoms with Crippen molar-refractivity contribution < 1.29 is 13.2 Å². The summed E-state index contributed by atoms with van der Waals surface area (Å²) < 4.78 is 37.5. The molecule has 0 amide bonds. The molecule has 0 heterocycles. The van der Waals surface area contributed by atoms with Crippen LogP contribution in [0.25, 0.3) is 0 Å². The van der Waals surface area contributed by atoms with Crippen LogP contribution < -0.4 is 0 Å². The van der Waals surface area contributed by atoms with E-state index in [0.717, 1.165) is 23.3 Å². The summed E-state index contributed by atoms with van der Waals surface area (Å²) in [6.45, 7) is 3.76. The molecule has 0 N–H and O–H groups in total. The Hall–Kier alpha value is -2.03. The number of alkyl halides is 3. The van der Waals surface area contributed by atoms with Gasteiger partial charge in [0.15, 0.2) is 0 Å². The lowest BCUT2D eigenvalue weighted by Crippen LogP contribution is -2.05. The minimum atomic E-state index is -4.30. The first-order valence-corrected chi connectivity index (χ1v) is 5.87. The van der Waals surface area contributed by atoms with Crippen LogP contribution >= 0.6 is 0 Å². The second kappa shape index (κ2) is 5.31. The predicted molar refractivity (Wildman–Crippen MR) is 69.9 cm³/mol. The van der Waals surface area contributed by atoms with Crippen molar-refractivity contribution in [3.8, 4) is 0 Å². The molecule has 0 bridgehead atoms. The van der Waals surface area contributed by atoms with Gasteiger partial charge in [-0.25, -0.2) is 0 Å². The topological polar surface area (TPSA) is 0 Å². The van der Waals surface area contributed by atoms with Crippen LogP contribution in [0.1, 0.15) is 22.6 Å². The van der Waals surface area contributed by atoms with Crippen LogP contribution in [0.2, 0.25) is 0 Å². The molecule has 0 saturated carbocycles. The fraction of sp³-hybridized carbons (Fsp3) is 0.125. The van der Waals surface area contributed by atoms with Crippen molar-refractivity contribution in [3.05, 3.63) is 83.9 Å². The zero-order chi connectivity index (χ0) is 13.9. The molecular weight excluding hydrogens is 249 g/mol. The molecule has 0 spiro atoms. The fourth-order valence-electron chi connectivity index (χ4n) is 2.00. The second-order valence-corrected chi connectivity index (χ2v) is 4.24. The summed E-state index contributed by atoms with van der Waals surface area (Å²) in [5.41, 5.74) is 1.18. The molecule has 0 radical (unpaired) electrons. The largest absolute Gasteiger partial charge is 0.416 e. The molecule has 0 aromatic heterocycles. The van der Waals surface area contributed by atoms with Gasteiger partial charge in [0.05, 0.1) is 5.56 Å². The smallest absolute Gasteiger partial charge is 0.166 e. The average Bonchev–Trinajstić information content (AvgIpc) is 2.40. The van der Waals surface area contributed by atoms with Gasteiger partial charge in [0, 0.05) is 5.92 Å². The maximum atomic E-state index is 12.5. The summed E-state index contributed by atoms with van der Waals surface area (Å²) in [5.74, 6) is -0.0940. The molecule has 0 fully saturated rings. The normalized spacial score (nSPS) is 13.0. The van der Waals surface area contributed by atoms with E-state index in [4.69, 9.17) is 0 Å². The number of allylic oxidation sites excluding steroid dienone is 1. The third-order valence-electron chi connectivity index (χ3n) is 2.99. The average molecular weight is 262 g/mol. The SMILES string of the molecule is C=C[C@H](c1ccccc1)c1ccc(C(F)(F)F)cc1. The van der Waals surface area contributed by atoms with Crippen LogP contribution in [-0.2, 0) is 6.18 Å². The molecule has 19 heavy (non-hydrogen) atoms. The molecular formula is C16H13F3. The highest BCUT2D eigenvalue weighted by Gasteiger charge is 2.30. The van der Waals surface area contributed by atoms with Gasteiger partial charge in [-0.05, 0) is 23.3 Å². The minimum absolute atomic E-state index is 0.0940. The number of hydrogen-bond donors (Lipinski definition) is 0. The fourth-order valence-corrected chi connectivity index (χ4v) is 2.00. The maximum absolute atomic E-state index is 12.5. The van der Waals surface area contributed by atoms with Gasteiger partial charge in [-0.3, -0.25) is 0 Å². The van der Waals surface area contributed by atoms with Gasteiger partial charge in [-0.15, -0.1) is 6.58 Å². The Labute approximate surface area is 110 Å². The van der Waals surface area contributed by atoms with Gasteiger partial charge < -0.3 is 0 Å². The van der Waals surface area contributed by atoms with Crippen LogP contribution in [0.3, 0.4) is 0 Å². The van der Waals surface area contributed by atoms with Crippen LogP contribution in [0.15, 0.2) is 67.3 Å². The Kier molecular flexibility index (Phi) is 3.74. The lowest BCUT2D eigenvalue weighted by Gasteiger charge is -2.14. The van der Waals surface area contributed by atoms with E-state index in [9.17, 15) is 13.2 Å². The van der Waals surface area contributed by atoms with E-state index in [1.54, 1.807) is 6.08 Å². The first kappa shape index (κ1) is 13.4. The van der Waals surface area contributed by atoms with Crippen molar-refractivity contribution in [1.29, 1.82) is 0 Å². The number of halogens is 3. The van der Waals surface area contributed by atoms with Gasteiger partial charge >= 0.3 is 6.18 Å². The summed E-state index contributed by atoms with van der Waals surface area (Å²) in [4.78, 5) is 0. The molecule has 2 aromatic carbocycles. The summed E-state index contributed by atoms with van der Waals surface area (Å²) in [6, 6.07) is 14.8. The minimum Gasteiger partial charge on any atom is -0.166 e. The van der Waals surface area contributed by atoms with Crippen LogP contribution in [0, 0.1) is 0 Å². The second-order valence-electron chi connectivity index (χ2n) is 4.24. The monoisotopic (exact) mass is 262 g/mol. The Morgan fingerprint density at radius 2 is 1.37 bits per heavy atom. The molecule has 1 atom stereocenters. The van der Waals surface area contributed by atoms with E-state index >= 15 is 0 Å². The molecule has 0 aliphatic carbocycles. The van der Waals surface area contributed by atoms with E-state index in [2.05, 4.69) is 6.58 Å². The summed E-state index contributed by atoms with van der Waals surface area (Å²) in [6.07, 6.45) is -2.56. The van der Waals surface area contributed by atoms with Crippen molar-refractivity contribution in [1.82, 2.24) is 0 Å². The zero-order valence-corrected chi connectivity index (χ0v) is 10.2. The molecule has 0 nitrogen and oxygen atoms in total. The van der Waals surface area contributed by atoms with E-state index in [-0.39, 0.29) is 5.92 Å². The first-order valence-electron chi connectivity index (χ1n) is 5.87. The van der Waals surface area contributed by atoms with Gasteiger partial charge in [0.2, 0.25) is 0 Å². The summed E-state index contributed by atoms with van der Waals surface area (Å²) >= 11 is 0. The highest BCUT2D eigenvalue weighted by Crippen LogP contribution is 2.31. The Morgan fingerprint density at radius 3 is 1.84 bits per heavy atom. The highest BCUT2D eigenvalue weighted by atomic mass is 19.4. The Morgan fingerprint density at radius 1 is 0.842 bits per heavy atom. The first-order chi connectivity index (χ1) is 9.02. The molecule has 3 heteroatoms. The quantitative estimate of drug-likeness (QED) is 0.681. The summed E-state index contributed by atoms with van der Waals surface area (Å²) in [5, 5.41) is 0. The lowest BCUT2D eigenvalue weighted by atomic mass is 9.91. The third-order valence-corrected chi connectivity index (χ3v) is 2.99. The Bertz CT molecular complexity index is 538.